The van der Waals surface area contributed by atoms with Crippen LogP contribution in [0.3, 0.4) is 0 Å². The van der Waals surface area contributed by atoms with Gasteiger partial charge in [0.25, 0.3) is 0 Å². The fraction of sp³-hybridized carbons (Fsp3) is 0.870. The lowest BCUT2D eigenvalue weighted by Gasteiger charge is -2.29. The Hall–Kier alpha value is -0.870. The van der Waals surface area contributed by atoms with Gasteiger partial charge in [0.05, 0.1) is 18.8 Å². The van der Waals surface area contributed by atoms with E-state index in [0.717, 1.165) is 12.8 Å². The number of esters is 1. The standard InChI is InChI=1S/C23H42O4/c1-3-4-5-6-7-8-9-10-11-12-13-14-15-16-18-23(26)19-17-20(24)21(23)22(25)27-2/h17,19-21,24,26H,3-16,18H2,1-2H3/t20-,21+,23+/m1/s1. The highest BCUT2D eigenvalue weighted by Crippen LogP contribution is 2.35. The van der Waals surface area contributed by atoms with E-state index < -0.39 is 23.6 Å². The minimum Gasteiger partial charge on any atom is -0.469 e. The van der Waals surface area contributed by atoms with Crippen LogP contribution in [0.2, 0.25) is 0 Å². The molecule has 0 aromatic rings. The maximum Gasteiger partial charge on any atom is 0.314 e. The Morgan fingerprint density at radius 1 is 0.889 bits per heavy atom. The van der Waals surface area contributed by atoms with Gasteiger partial charge in [-0.3, -0.25) is 4.79 Å². The van der Waals surface area contributed by atoms with E-state index in [1.807, 2.05) is 0 Å². The van der Waals surface area contributed by atoms with Crippen molar-refractivity contribution >= 4 is 5.97 Å². The summed E-state index contributed by atoms with van der Waals surface area (Å²) < 4.78 is 4.73. The Morgan fingerprint density at radius 3 is 1.78 bits per heavy atom. The summed E-state index contributed by atoms with van der Waals surface area (Å²) in [5, 5.41) is 20.6. The number of carbonyl (C=O) groups is 1. The molecule has 3 atom stereocenters. The molecule has 0 spiro atoms. The first kappa shape index (κ1) is 24.2. The number of methoxy groups -OCH3 is 1. The third-order valence-electron chi connectivity index (χ3n) is 5.85. The van der Waals surface area contributed by atoms with Crippen LogP contribution >= 0.6 is 0 Å². The van der Waals surface area contributed by atoms with Gasteiger partial charge in [-0.2, -0.15) is 0 Å². The van der Waals surface area contributed by atoms with Gasteiger partial charge in [0.15, 0.2) is 0 Å². The lowest BCUT2D eigenvalue weighted by molar-refractivity contribution is -0.157. The molecular weight excluding hydrogens is 340 g/mol. The van der Waals surface area contributed by atoms with Crippen LogP contribution in [0.15, 0.2) is 12.2 Å². The van der Waals surface area contributed by atoms with E-state index in [1.54, 1.807) is 6.08 Å². The van der Waals surface area contributed by atoms with E-state index in [1.165, 1.54) is 90.2 Å². The summed E-state index contributed by atoms with van der Waals surface area (Å²) in [7, 11) is 1.29. The van der Waals surface area contributed by atoms with Crippen molar-refractivity contribution in [1.29, 1.82) is 0 Å². The normalized spacial score (nSPS) is 24.4. The van der Waals surface area contributed by atoms with Gasteiger partial charge in [0, 0.05) is 0 Å². The van der Waals surface area contributed by atoms with Crippen LogP contribution in [0.25, 0.3) is 0 Å². The van der Waals surface area contributed by atoms with Crippen molar-refractivity contribution in [3.05, 3.63) is 12.2 Å². The van der Waals surface area contributed by atoms with Crippen LogP contribution in [-0.2, 0) is 9.53 Å². The fourth-order valence-electron chi connectivity index (χ4n) is 4.09. The lowest BCUT2D eigenvalue weighted by atomic mass is 9.84. The molecule has 1 rings (SSSR count). The number of hydrogen-bond donors (Lipinski definition) is 2. The zero-order valence-electron chi connectivity index (χ0n) is 17.6. The fourth-order valence-corrected chi connectivity index (χ4v) is 4.09. The zero-order chi connectivity index (χ0) is 20.0. The second-order valence-corrected chi connectivity index (χ2v) is 8.19. The van der Waals surface area contributed by atoms with Gasteiger partial charge in [-0.1, -0.05) is 109 Å². The Kier molecular flexibility index (Phi) is 12.7. The van der Waals surface area contributed by atoms with Crippen LogP contribution in [0.4, 0.5) is 0 Å². The minimum absolute atomic E-state index is 0.498. The molecule has 1 aliphatic rings. The average molecular weight is 383 g/mol. The Balaban J connectivity index is 1.98. The monoisotopic (exact) mass is 382 g/mol. The summed E-state index contributed by atoms with van der Waals surface area (Å²) in [4.78, 5) is 11.8. The summed E-state index contributed by atoms with van der Waals surface area (Å²) in [6.45, 7) is 2.26. The van der Waals surface area contributed by atoms with Crippen molar-refractivity contribution in [1.82, 2.24) is 0 Å². The largest absolute Gasteiger partial charge is 0.469 e. The molecule has 0 fully saturated rings. The molecular formula is C23H42O4. The lowest BCUT2D eigenvalue weighted by Crippen LogP contribution is -2.43. The molecule has 0 aromatic carbocycles. The maximum absolute atomic E-state index is 11.8. The highest BCUT2D eigenvalue weighted by Gasteiger charge is 2.47. The van der Waals surface area contributed by atoms with Crippen LogP contribution in [0.5, 0.6) is 0 Å². The topological polar surface area (TPSA) is 66.8 Å². The van der Waals surface area contributed by atoms with Crippen molar-refractivity contribution in [2.24, 2.45) is 5.92 Å². The molecule has 4 nitrogen and oxygen atoms in total. The van der Waals surface area contributed by atoms with E-state index in [4.69, 9.17) is 4.74 Å². The second-order valence-electron chi connectivity index (χ2n) is 8.19. The summed E-state index contributed by atoms with van der Waals surface area (Å²) in [6, 6.07) is 0. The number of aliphatic hydroxyl groups is 2. The smallest absolute Gasteiger partial charge is 0.314 e. The highest BCUT2D eigenvalue weighted by molar-refractivity contribution is 5.76. The average Bonchev–Trinajstić information content (AvgIpc) is 2.96. The number of ether oxygens (including phenoxy) is 1. The molecule has 158 valence electrons. The van der Waals surface area contributed by atoms with Gasteiger partial charge in [0.1, 0.15) is 5.92 Å². The predicted octanol–water partition coefficient (Wildman–Crippen LogP) is 5.31. The molecule has 0 unspecified atom stereocenters. The third-order valence-corrected chi connectivity index (χ3v) is 5.85. The molecule has 0 amide bonds. The molecule has 0 aliphatic heterocycles. The van der Waals surface area contributed by atoms with Crippen molar-refractivity contribution in [2.45, 2.75) is 115 Å². The van der Waals surface area contributed by atoms with Crippen LogP contribution in [-0.4, -0.2) is 35.0 Å². The Bertz CT molecular complexity index is 421. The summed E-state index contributed by atoms with van der Waals surface area (Å²) in [6.07, 6.45) is 20.6. The molecule has 2 N–H and O–H groups in total. The number of aliphatic hydroxyl groups excluding tert-OH is 1. The first-order valence-electron chi connectivity index (χ1n) is 11.2. The molecule has 0 aromatic heterocycles. The first-order chi connectivity index (χ1) is 13.0. The molecule has 0 radical (unpaired) electrons. The van der Waals surface area contributed by atoms with Gasteiger partial charge in [-0.05, 0) is 6.42 Å². The van der Waals surface area contributed by atoms with E-state index in [0.29, 0.717) is 6.42 Å². The quantitative estimate of drug-likeness (QED) is 0.216. The van der Waals surface area contributed by atoms with Crippen LogP contribution in [0.1, 0.15) is 103 Å². The molecule has 4 heteroatoms. The number of rotatable bonds is 16. The highest BCUT2D eigenvalue weighted by atomic mass is 16.5. The summed E-state index contributed by atoms with van der Waals surface area (Å²) in [5.41, 5.74) is -1.26. The third kappa shape index (κ3) is 9.25. The van der Waals surface area contributed by atoms with E-state index in [9.17, 15) is 15.0 Å². The summed E-state index contributed by atoms with van der Waals surface area (Å²) in [5.74, 6) is -1.43. The first-order valence-corrected chi connectivity index (χ1v) is 11.2. The van der Waals surface area contributed by atoms with Gasteiger partial charge in [0.2, 0.25) is 0 Å². The molecule has 0 saturated carbocycles. The van der Waals surface area contributed by atoms with Crippen molar-refractivity contribution in [3.63, 3.8) is 0 Å². The Morgan fingerprint density at radius 2 is 1.33 bits per heavy atom. The van der Waals surface area contributed by atoms with Gasteiger partial charge >= 0.3 is 5.97 Å². The molecule has 0 saturated heterocycles. The van der Waals surface area contributed by atoms with Crippen molar-refractivity contribution < 1.29 is 19.7 Å². The second kappa shape index (κ2) is 14.2. The van der Waals surface area contributed by atoms with Crippen LogP contribution < -0.4 is 0 Å². The van der Waals surface area contributed by atoms with Gasteiger partial charge in [-0.25, -0.2) is 0 Å². The van der Waals surface area contributed by atoms with Crippen molar-refractivity contribution in [2.75, 3.05) is 7.11 Å². The zero-order valence-corrected chi connectivity index (χ0v) is 17.6. The number of hydrogen-bond acceptors (Lipinski definition) is 4. The number of carbonyl (C=O) groups excluding carboxylic acids is 1. The van der Waals surface area contributed by atoms with Gasteiger partial charge in [-0.15, -0.1) is 0 Å². The SMILES string of the molecule is CCCCCCCCCCCCCCCC[C@]1(O)C=C[C@@H](O)[C@H]1C(=O)OC. The Labute approximate surface area is 166 Å². The molecule has 1 aliphatic carbocycles. The molecule has 0 bridgehead atoms. The minimum atomic E-state index is -1.26. The van der Waals surface area contributed by atoms with E-state index >= 15 is 0 Å². The maximum atomic E-state index is 11.8. The predicted molar refractivity (Wildman–Crippen MR) is 111 cm³/mol. The van der Waals surface area contributed by atoms with E-state index in [2.05, 4.69) is 6.92 Å². The molecule has 27 heavy (non-hydrogen) atoms. The van der Waals surface area contributed by atoms with Gasteiger partial charge < -0.3 is 14.9 Å². The van der Waals surface area contributed by atoms with E-state index in [-0.39, 0.29) is 0 Å². The van der Waals surface area contributed by atoms with Crippen molar-refractivity contribution in [3.8, 4) is 0 Å². The molecule has 0 heterocycles. The summed E-state index contributed by atoms with van der Waals surface area (Å²) >= 11 is 0. The number of unbranched alkanes of at least 4 members (excludes halogenated alkanes) is 13. The van der Waals surface area contributed by atoms with Crippen LogP contribution in [0, 0.1) is 5.92 Å².